The average Bonchev–Trinajstić information content (AvgIpc) is 3.08. The largest absolute Gasteiger partial charge is 0.497 e. The number of hydrogen-bond donors (Lipinski definition) is 1. The van der Waals surface area contributed by atoms with E-state index in [1.807, 2.05) is 31.2 Å². The van der Waals surface area contributed by atoms with E-state index in [0.29, 0.717) is 29.2 Å². The van der Waals surface area contributed by atoms with Gasteiger partial charge in [0.1, 0.15) is 17.3 Å². The van der Waals surface area contributed by atoms with Crippen LogP contribution in [0.15, 0.2) is 54.7 Å². The van der Waals surface area contributed by atoms with Crippen molar-refractivity contribution in [2.75, 3.05) is 13.7 Å². The van der Waals surface area contributed by atoms with E-state index < -0.39 is 0 Å². The Morgan fingerprint density at radius 3 is 2.68 bits per heavy atom. The maximum Gasteiger partial charge on any atom is 0.255 e. The second kappa shape index (κ2) is 7.17. The van der Waals surface area contributed by atoms with Gasteiger partial charge in [-0.3, -0.25) is 4.79 Å². The smallest absolute Gasteiger partial charge is 0.255 e. The predicted molar refractivity (Wildman–Crippen MR) is 93.5 cm³/mol. The quantitative estimate of drug-likeness (QED) is 0.775. The van der Waals surface area contributed by atoms with Crippen molar-refractivity contribution < 1.29 is 13.9 Å². The molecule has 5 nitrogen and oxygen atoms in total. The van der Waals surface area contributed by atoms with Gasteiger partial charge in [-0.1, -0.05) is 12.1 Å². The van der Waals surface area contributed by atoms with Crippen LogP contribution in [-0.4, -0.2) is 29.3 Å². The lowest BCUT2D eigenvalue weighted by atomic mass is 10.1. The number of rotatable bonds is 5. The van der Waals surface area contributed by atoms with E-state index >= 15 is 0 Å². The SMILES string of the molecule is CCNC(=O)c1cn(-c2ccc(F)cc2)nc1-c1cccc(OC)c1. The molecule has 0 saturated carbocycles. The minimum Gasteiger partial charge on any atom is -0.497 e. The van der Waals surface area contributed by atoms with Crippen molar-refractivity contribution in [2.45, 2.75) is 6.92 Å². The molecule has 1 N–H and O–H groups in total. The van der Waals surface area contributed by atoms with E-state index in [1.54, 1.807) is 30.1 Å². The zero-order valence-corrected chi connectivity index (χ0v) is 14.0. The molecule has 1 amide bonds. The van der Waals surface area contributed by atoms with Crippen LogP contribution in [0, 0.1) is 5.82 Å². The van der Waals surface area contributed by atoms with Gasteiger partial charge >= 0.3 is 0 Å². The maximum absolute atomic E-state index is 13.2. The molecule has 3 rings (SSSR count). The van der Waals surface area contributed by atoms with Gasteiger partial charge in [0.05, 0.1) is 18.4 Å². The Morgan fingerprint density at radius 1 is 1.24 bits per heavy atom. The van der Waals surface area contributed by atoms with E-state index in [2.05, 4.69) is 10.4 Å². The monoisotopic (exact) mass is 339 g/mol. The summed E-state index contributed by atoms with van der Waals surface area (Å²) in [7, 11) is 1.58. The number of aromatic nitrogens is 2. The lowest BCUT2D eigenvalue weighted by Gasteiger charge is -2.05. The van der Waals surface area contributed by atoms with Crippen LogP contribution in [0.1, 0.15) is 17.3 Å². The third-order valence-corrected chi connectivity index (χ3v) is 3.73. The lowest BCUT2D eigenvalue weighted by molar-refractivity contribution is 0.0956. The number of halogens is 1. The summed E-state index contributed by atoms with van der Waals surface area (Å²) in [5, 5.41) is 7.33. The standard InChI is InChI=1S/C19H18FN3O2/c1-3-21-19(24)17-12-23(15-9-7-14(20)8-10-15)22-18(17)13-5-4-6-16(11-13)25-2/h4-12H,3H2,1-2H3,(H,21,24). The molecule has 0 aliphatic rings. The Kier molecular flexibility index (Phi) is 4.79. The van der Waals surface area contributed by atoms with E-state index in [9.17, 15) is 9.18 Å². The Bertz CT molecular complexity index is 888. The highest BCUT2D eigenvalue weighted by molar-refractivity contribution is 6.00. The Hall–Kier alpha value is -3.15. The molecule has 0 aliphatic heterocycles. The predicted octanol–water partition coefficient (Wildman–Crippen LogP) is 3.44. The van der Waals surface area contributed by atoms with Crippen LogP contribution in [0.3, 0.4) is 0 Å². The minimum absolute atomic E-state index is 0.214. The highest BCUT2D eigenvalue weighted by Gasteiger charge is 2.18. The number of ether oxygens (including phenoxy) is 1. The van der Waals surface area contributed by atoms with Gasteiger partial charge in [-0.2, -0.15) is 5.10 Å². The molecule has 0 bridgehead atoms. The van der Waals surface area contributed by atoms with Crippen molar-refractivity contribution in [3.8, 4) is 22.7 Å². The summed E-state index contributed by atoms with van der Waals surface area (Å²) in [4.78, 5) is 12.4. The average molecular weight is 339 g/mol. The molecule has 128 valence electrons. The number of carbonyl (C=O) groups is 1. The zero-order chi connectivity index (χ0) is 17.8. The van der Waals surface area contributed by atoms with E-state index in [-0.39, 0.29) is 11.7 Å². The van der Waals surface area contributed by atoms with E-state index in [4.69, 9.17) is 4.74 Å². The first-order valence-corrected chi connectivity index (χ1v) is 7.90. The number of nitrogens with zero attached hydrogens (tertiary/aromatic N) is 2. The van der Waals surface area contributed by atoms with Crippen LogP contribution in [0.5, 0.6) is 5.75 Å². The second-order valence-electron chi connectivity index (χ2n) is 5.40. The van der Waals surface area contributed by atoms with Gasteiger partial charge in [0, 0.05) is 18.3 Å². The molecular formula is C19H18FN3O2. The fourth-order valence-corrected chi connectivity index (χ4v) is 2.51. The van der Waals surface area contributed by atoms with Crippen molar-refractivity contribution in [2.24, 2.45) is 0 Å². The summed E-state index contributed by atoms with van der Waals surface area (Å²) in [6, 6.07) is 13.3. The molecule has 1 aromatic heterocycles. The molecule has 2 aromatic carbocycles. The van der Waals surface area contributed by atoms with Crippen LogP contribution in [0.2, 0.25) is 0 Å². The molecule has 0 spiro atoms. The Labute approximate surface area is 145 Å². The van der Waals surface area contributed by atoms with Gasteiger partial charge in [-0.25, -0.2) is 9.07 Å². The number of carbonyl (C=O) groups excluding carboxylic acids is 1. The summed E-state index contributed by atoms with van der Waals surface area (Å²) in [5.74, 6) is 0.136. The summed E-state index contributed by atoms with van der Waals surface area (Å²) in [6.45, 7) is 2.37. The minimum atomic E-state index is -0.326. The van der Waals surface area contributed by atoms with Crippen LogP contribution in [-0.2, 0) is 0 Å². The Balaban J connectivity index is 2.11. The van der Waals surface area contributed by atoms with Gasteiger partial charge < -0.3 is 10.1 Å². The van der Waals surface area contributed by atoms with Crippen molar-refractivity contribution in [3.05, 3.63) is 66.1 Å². The van der Waals surface area contributed by atoms with Gasteiger partial charge in [-0.05, 0) is 43.3 Å². The van der Waals surface area contributed by atoms with E-state index in [1.165, 1.54) is 12.1 Å². The van der Waals surface area contributed by atoms with Gasteiger partial charge in [-0.15, -0.1) is 0 Å². The zero-order valence-electron chi connectivity index (χ0n) is 14.0. The van der Waals surface area contributed by atoms with Gasteiger partial charge in [0.15, 0.2) is 0 Å². The van der Waals surface area contributed by atoms with Crippen LogP contribution in [0.4, 0.5) is 4.39 Å². The number of hydrogen-bond acceptors (Lipinski definition) is 3. The highest BCUT2D eigenvalue weighted by atomic mass is 19.1. The lowest BCUT2D eigenvalue weighted by Crippen LogP contribution is -2.22. The molecule has 0 unspecified atom stereocenters. The molecule has 0 radical (unpaired) electrons. The summed E-state index contributed by atoms with van der Waals surface area (Å²) >= 11 is 0. The number of benzene rings is 2. The van der Waals surface area contributed by atoms with E-state index in [0.717, 1.165) is 5.56 Å². The van der Waals surface area contributed by atoms with Crippen LogP contribution in [0.25, 0.3) is 16.9 Å². The summed E-state index contributed by atoms with van der Waals surface area (Å²) in [5.41, 5.74) is 2.41. The molecule has 3 aromatic rings. The molecular weight excluding hydrogens is 321 g/mol. The fraction of sp³-hybridized carbons (Fsp3) is 0.158. The summed E-state index contributed by atoms with van der Waals surface area (Å²) < 4.78 is 20.0. The highest BCUT2D eigenvalue weighted by Crippen LogP contribution is 2.27. The first-order chi connectivity index (χ1) is 12.1. The molecule has 0 fully saturated rings. The van der Waals surface area contributed by atoms with Crippen LogP contribution >= 0.6 is 0 Å². The number of methoxy groups -OCH3 is 1. The van der Waals surface area contributed by atoms with Crippen molar-refractivity contribution in [3.63, 3.8) is 0 Å². The topological polar surface area (TPSA) is 56.2 Å². The fourth-order valence-electron chi connectivity index (χ4n) is 2.51. The van der Waals surface area contributed by atoms with Crippen molar-refractivity contribution in [1.29, 1.82) is 0 Å². The first kappa shape index (κ1) is 16.7. The van der Waals surface area contributed by atoms with Crippen molar-refractivity contribution >= 4 is 5.91 Å². The van der Waals surface area contributed by atoms with Gasteiger partial charge in [0.25, 0.3) is 5.91 Å². The number of nitrogens with one attached hydrogen (secondary N) is 1. The Morgan fingerprint density at radius 2 is 2.00 bits per heavy atom. The molecule has 0 saturated heterocycles. The third kappa shape index (κ3) is 3.52. The van der Waals surface area contributed by atoms with Crippen molar-refractivity contribution in [1.82, 2.24) is 15.1 Å². The maximum atomic E-state index is 13.2. The van der Waals surface area contributed by atoms with Crippen LogP contribution < -0.4 is 10.1 Å². The molecule has 1 heterocycles. The third-order valence-electron chi connectivity index (χ3n) is 3.73. The molecule has 0 aliphatic carbocycles. The number of amides is 1. The second-order valence-corrected chi connectivity index (χ2v) is 5.40. The first-order valence-electron chi connectivity index (χ1n) is 7.90. The summed E-state index contributed by atoms with van der Waals surface area (Å²) in [6.07, 6.45) is 1.65. The molecule has 0 atom stereocenters. The normalized spacial score (nSPS) is 10.5. The molecule has 6 heteroatoms. The molecule has 25 heavy (non-hydrogen) atoms. The van der Waals surface area contributed by atoms with Gasteiger partial charge in [0.2, 0.25) is 0 Å².